The van der Waals surface area contributed by atoms with E-state index in [-0.39, 0.29) is 0 Å². The van der Waals surface area contributed by atoms with E-state index in [1.807, 2.05) is 54.6 Å². The van der Waals surface area contributed by atoms with Crippen LogP contribution >= 0.6 is 34.8 Å². The lowest BCUT2D eigenvalue weighted by molar-refractivity contribution is 1.06. The Bertz CT molecular complexity index is 1100. The summed E-state index contributed by atoms with van der Waals surface area (Å²) in [4.78, 5) is 0. The molecule has 1 heterocycles. The molecule has 4 aromatic rings. The van der Waals surface area contributed by atoms with Crippen LogP contribution in [0.2, 0.25) is 15.1 Å². The predicted molar refractivity (Wildman–Crippen MR) is 110 cm³/mol. The van der Waals surface area contributed by atoms with E-state index in [9.17, 15) is 0 Å². The molecule has 26 heavy (non-hydrogen) atoms. The highest BCUT2D eigenvalue weighted by Gasteiger charge is 2.11. The molecule has 0 saturated carbocycles. The van der Waals surface area contributed by atoms with Crippen LogP contribution in [0.5, 0.6) is 0 Å². The number of halogens is 3. The summed E-state index contributed by atoms with van der Waals surface area (Å²) in [6.45, 7) is 0. The zero-order valence-corrected chi connectivity index (χ0v) is 15.6. The fourth-order valence-corrected chi connectivity index (χ4v) is 3.15. The number of hydrogen-bond donors (Lipinski definition) is 1. The summed E-state index contributed by atoms with van der Waals surface area (Å²) in [5.74, 6) is 0.650. The van der Waals surface area contributed by atoms with Crippen molar-refractivity contribution in [3.8, 4) is 11.3 Å². The van der Waals surface area contributed by atoms with Crippen molar-refractivity contribution in [2.45, 2.75) is 0 Å². The van der Waals surface area contributed by atoms with Crippen molar-refractivity contribution in [1.29, 1.82) is 0 Å². The van der Waals surface area contributed by atoms with Gasteiger partial charge in [-0.2, -0.15) is 0 Å². The number of nitrogens with zero attached hydrogens (tertiary/aromatic N) is 2. The van der Waals surface area contributed by atoms with Crippen LogP contribution < -0.4 is 5.32 Å². The van der Waals surface area contributed by atoms with E-state index in [4.69, 9.17) is 34.8 Å². The Kier molecular flexibility index (Phi) is 4.68. The van der Waals surface area contributed by atoms with Crippen molar-refractivity contribution < 1.29 is 0 Å². The molecule has 0 aliphatic heterocycles. The normalized spacial score (nSPS) is 10.9. The van der Waals surface area contributed by atoms with Gasteiger partial charge in [-0.25, -0.2) is 0 Å². The minimum Gasteiger partial charge on any atom is -0.338 e. The van der Waals surface area contributed by atoms with Gasteiger partial charge in [0.25, 0.3) is 0 Å². The molecule has 0 spiro atoms. The van der Waals surface area contributed by atoms with Crippen LogP contribution in [-0.2, 0) is 0 Å². The Balaban J connectivity index is 1.81. The lowest BCUT2D eigenvalue weighted by atomic mass is 10.0. The molecule has 0 atom stereocenters. The van der Waals surface area contributed by atoms with Gasteiger partial charge in [0, 0.05) is 27.0 Å². The smallest absolute Gasteiger partial charge is 0.161 e. The van der Waals surface area contributed by atoms with E-state index < -0.39 is 0 Å². The topological polar surface area (TPSA) is 37.8 Å². The molecular weight excluding hydrogens is 389 g/mol. The zero-order chi connectivity index (χ0) is 18.1. The SMILES string of the molecule is Clc1ccc(-c2nnc(Nc3ccc(Cl)c(Cl)c3)c3ccccc23)cc1. The van der Waals surface area contributed by atoms with E-state index >= 15 is 0 Å². The summed E-state index contributed by atoms with van der Waals surface area (Å²) < 4.78 is 0. The molecular formula is C20H12Cl3N3. The molecule has 0 aliphatic rings. The summed E-state index contributed by atoms with van der Waals surface area (Å²) in [6.07, 6.45) is 0. The number of hydrogen-bond acceptors (Lipinski definition) is 3. The molecule has 0 bridgehead atoms. The van der Waals surface area contributed by atoms with Gasteiger partial charge in [-0.05, 0) is 30.3 Å². The molecule has 3 aromatic carbocycles. The standard InChI is InChI=1S/C20H12Cl3N3/c21-13-7-5-12(6-8-13)19-15-3-1-2-4-16(15)20(26-25-19)24-14-9-10-17(22)18(23)11-14/h1-11H,(H,24,26). The maximum atomic E-state index is 6.10. The van der Waals surface area contributed by atoms with Crippen LogP contribution in [0.1, 0.15) is 0 Å². The fourth-order valence-electron chi connectivity index (χ4n) is 2.73. The van der Waals surface area contributed by atoms with E-state index in [0.717, 1.165) is 27.7 Å². The molecule has 0 amide bonds. The van der Waals surface area contributed by atoms with Gasteiger partial charge >= 0.3 is 0 Å². The number of rotatable bonds is 3. The number of aromatic nitrogens is 2. The van der Waals surface area contributed by atoms with Crippen LogP contribution in [0.25, 0.3) is 22.0 Å². The largest absolute Gasteiger partial charge is 0.338 e. The number of anilines is 2. The van der Waals surface area contributed by atoms with Crippen LogP contribution in [0, 0.1) is 0 Å². The minimum absolute atomic E-state index is 0.478. The first-order valence-electron chi connectivity index (χ1n) is 7.85. The molecule has 4 rings (SSSR count). The second-order valence-corrected chi connectivity index (χ2v) is 6.95. The van der Waals surface area contributed by atoms with E-state index in [0.29, 0.717) is 20.9 Å². The summed E-state index contributed by atoms with van der Waals surface area (Å²) in [6, 6.07) is 20.9. The summed E-state index contributed by atoms with van der Waals surface area (Å²) in [7, 11) is 0. The third kappa shape index (κ3) is 3.34. The Labute approximate surface area is 165 Å². The van der Waals surface area contributed by atoms with Gasteiger partial charge in [0.15, 0.2) is 5.82 Å². The molecule has 0 fully saturated rings. The Morgan fingerprint density at radius 3 is 2.15 bits per heavy atom. The van der Waals surface area contributed by atoms with Gasteiger partial charge in [-0.15, -0.1) is 10.2 Å². The molecule has 1 aromatic heterocycles. The second-order valence-electron chi connectivity index (χ2n) is 5.70. The Morgan fingerprint density at radius 1 is 0.692 bits per heavy atom. The molecule has 128 valence electrons. The van der Waals surface area contributed by atoms with Gasteiger partial charge in [0.05, 0.1) is 10.0 Å². The molecule has 0 aliphatic carbocycles. The monoisotopic (exact) mass is 399 g/mol. The summed E-state index contributed by atoms with van der Waals surface area (Å²) in [5.41, 5.74) is 2.55. The van der Waals surface area contributed by atoms with Crippen LogP contribution in [0.4, 0.5) is 11.5 Å². The molecule has 1 N–H and O–H groups in total. The van der Waals surface area contributed by atoms with Crippen molar-refractivity contribution in [1.82, 2.24) is 10.2 Å². The first-order chi connectivity index (χ1) is 12.6. The number of nitrogens with one attached hydrogen (secondary N) is 1. The first kappa shape index (κ1) is 17.1. The van der Waals surface area contributed by atoms with E-state index in [2.05, 4.69) is 15.5 Å². The van der Waals surface area contributed by atoms with Gasteiger partial charge < -0.3 is 5.32 Å². The maximum Gasteiger partial charge on any atom is 0.161 e. The van der Waals surface area contributed by atoms with Gasteiger partial charge in [-0.1, -0.05) is 71.2 Å². The highest BCUT2D eigenvalue weighted by atomic mass is 35.5. The highest BCUT2D eigenvalue weighted by Crippen LogP contribution is 2.32. The molecule has 0 saturated heterocycles. The summed E-state index contributed by atoms with van der Waals surface area (Å²) >= 11 is 18.1. The minimum atomic E-state index is 0.478. The maximum absolute atomic E-state index is 6.10. The lowest BCUT2D eigenvalue weighted by Crippen LogP contribution is -1.99. The quantitative estimate of drug-likeness (QED) is 0.402. The number of fused-ring (bicyclic) bond motifs is 1. The van der Waals surface area contributed by atoms with Crippen molar-refractivity contribution in [2.75, 3.05) is 5.32 Å². The van der Waals surface area contributed by atoms with E-state index in [1.54, 1.807) is 12.1 Å². The van der Waals surface area contributed by atoms with E-state index in [1.165, 1.54) is 0 Å². The Morgan fingerprint density at radius 2 is 1.42 bits per heavy atom. The average Bonchev–Trinajstić information content (AvgIpc) is 2.66. The molecule has 6 heteroatoms. The predicted octanol–water partition coefficient (Wildman–Crippen LogP) is 7.00. The summed E-state index contributed by atoms with van der Waals surface area (Å²) in [5, 5.41) is 15.7. The lowest BCUT2D eigenvalue weighted by Gasteiger charge is -2.11. The van der Waals surface area contributed by atoms with Gasteiger partial charge in [0.1, 0.15) is 5.69 Å². The average molecular weight is 401 g/mol. The third-order valence-electron chi connectivity index (χ3n) is 3.99. The van der Waals surface area contributed by atoms with Crippen LogP contribution in [0.15, 0.2) is 66.7 Å². The highest BCUT2D eigenvalue weighted by molar-refractivity contribution is 6.42. The first-order valence-corrected chi connectivity index (χ1v) is 8.98. The second kappa shape index (κ2) is 7.12. The number of benzene rings is 3. The zero-order valence-electron chi connectivity index (χ0n) is 13.4. The third-order valence-corrected chi connectivity index (χ3v) is 4.98. The van der Waals surface area contributed by atoms with Crippen molar-refractivity contribution in [2.24, 2.45) is 0 Å². The van der Waals surface area contributed by atoms with Crippen molar-refractivity contribution in [3.63, 3.8) is 0 Å². The van der Waals surface area contributed by atoms with Gasteiger partial charge in [0.2, 0.25) is 0 Å². The Hall–Kier alpha value is -2.33. The fraction of sp³-hybridized carbons (Fsp3) is 0. The molecule has 3 nitrogen and oxygen atoms in total. The van der Waals surface area contributed by atoms with Crippen molar-refractivity contribution >= 4 is 57.1 Å². The molecule has 0 unspecified atom stereocenters. The van der Waals surface area contributed by atoms with Gasteiger partial charge in [-0.3, -0.25) is 0 Å². The molecule has 0 radical (unpaired) electrons. The van der Waals surface area contributed by atoms with Crippen molar-refractivity contribution in [3.05, 3.63) is 81.8 Å². The van der Waals surface area contributed by atoms with Crippen LogP contribution in [-0.4, -0.2) is 10.2 Å². The van der Waals surface area contributed by atoms with Crippen LogP contribution in [0.3, 0.4) is 0 Å².